The van der Waals surface area contributed by atoms with Gasteiger partial charge in [0.15, 0.2) is 9.84 Å². The van der Waals surface area contributed by atoms with Crippen LogP contribution in [-0.4, -0.2) is 19.9 Å². The Hall–Kier alpha value is -0.870. The van der Waals surface area contributed by atoms with Gasteiger partial charge in [-0.1, -0.05) is 24.3 Å². The van der Waals surface area contributed by atoms with E-state index < -0.39 is 9.84 Å². The summed E-state index contributed by atoms with van der Waals surface area (Å²) in [6.07, 6.45) is 0.692. The molecule has 0 bridgehead atoms. The van der Waals surface area contributed by atoms with Gasteiger partial charge in [0.05, 0.1) is 11.5 Å². The molecule has 88 valence electrons. The average molecular weight is 239 g/mol. The SMILES string of the molecule is Cc1ccccc1C(N)C1CCS(=O)(=O)C1. The van der Waals surface area contributed by atoms with E-state index in [9.17, 15) is 8.42 Å². The normalized spacial score (nSPS) is 25.5. The summed E-state index contributed by atoms with van der Waals surface area (Å²) in [4.78, 5) is 0. The van der Waals surface area contributed by atoms with Crippen LogP contribution in [0, 0.1) is 12.8 Å². The van der Waals surface area contributed by atoms with Crippen LogP contribution in [0.15, 0.2) is 24.3 Å². The molecule has 1 aromatic carbocycles. The monoisotopic (exact) mass is 239 g/mol. The van der Waals surface area contributed by atoms with Crippen LogP contribution in [0.25, 0.3) is 0 Å². The Morgan fingerprint density at radius 2 is 2.06 bits per heavy atom. The van der Waals surface area contributed by atoms with Gasteiger partial charge in [-0.15, -0.1) is 0 Å². The Kier molecular flexibility index (Phi) is 3.04. The first-order valence-corrected chi connectivity index (χ1v) is 7.33. The zero-order valence-corrected chi connectivity index (χ0v) is 10.2. The van der Waals surface area contributed by atoms with Crippen LogP contribution in [0.5, 0.6) is 0 Å². The molecule has 0 saturated carbocycles. The third-order valence-corrected chi connectivity index (χ3v) is 5.12. The maximum absolute atomic E-state index is 11.4. The highest BCUT2D eigenvalue weighted by molar-refractivity contribution is 7.91. The first-order chi connectivity index (χ1) is 7.49. The quantitative estimate of drug-likeness (QED) is 0.849. The highest BCUT2D eigenvalue weighted by Crippen LogP contribution is 2.30. The van der Waals surface area contributed by atoms with E-state index >= 15 is 0 Å². The molecule has 1 aliphatic rings. The van der Waals surface area contributed by atoms with Gasteiger partial charge in [0.2, 0.25) is 0 Å². The van der Waals surface area contributed by atoms with Crippen molar-refractivity contribution in [1.82, 2.24) is 0 Å². The van der Waals surface area contributed by atoms with E-state index in [4.69, 9.17) is 5.73 Å². The first kappa shape index (κ1) is 11.6. The largest absolute Gasteiger partial charge is 0.324 e. The minimum Gasteiger partial charge on any atom is -0.324 e. The second-order valence-corrected chi connectivity index (χ2v) is 6.77. The lowest BCUT2D eigenvalue weighted by molar-refractivity contribution is 0.478. The Morgan fingerprint density at radius 1 is 1.38 bits per heavy atom. The second-order valence-electron chi connectivity index (χ2n) is 4.55. The Morgan fingerprint density at radius 3 is 2.62 bits per heavy atom. The molecule has 0 amide bonds. The number of hydrogen-bond acceptors (Lipinski definition) is 3. The first-order valence-electron chi connectivity index (χ1n) is 5.51. The van der Waals surface area contributed by atoms with Gasteiger partial charge in [0, 0.05) is 6.04 Å². The number of hydrogen-bond donors (Lipinski definition) is 1. The summed E-state index contributed by atoms with van der Waals surface area (Å²) in [5.74, 6) is 0.603. The maximum atomic E-state index is 11.4. The minimum absolute atomic E-state index is 0.0751. The molecule has 3 nitrogen and oxygen atoms in total. The van der Waals surface area contributed by atoms with Gasteiger partial charge < -0.3 is 5.73 Å². The van der Waals surface area contributed by atoms with Gasteiger partial charge in [-0.2, -0.15) is 0 Å². The number of sulfone groups is 1. The van der Waals surface area contributed by atoms with Crippen molar-refractivity contribution in [2.45, 2.75) is 19.4 Å². The number of aryl methyl sites for hydroxylation is 1. The Labute approximate surface area is 96.6 Å². The summed E-state index contributed by atoms with van der Waals surface area (Å²) >= 11 is 0. The standard InChI is InChI=1S/C12H17NO2S/c1-9-4-2-3-5-11(9)12(13)10-6-7-16(14,15)8-10/h2-5,10,12H,6-8,13H2,1H3. The summed E-state index contributed by atoms with van der Waals surface area (Å²) in [5.41, 5.74) is 8.37. The third-order valence-electron chi connectivity index (χ3n) is 3.32. The molecule has 2 atom stereocenters. The van der Waals surface area contributed by atoms with Gasteiger partial charge in [-0.3, -0.25) is 0 Å². The van der Waals surface area contributed by atoms with Crippen LogP contribution in [-0.2, 0) is 9.84 Å². The fourth-order valence-corrected chi connectivity index (χ4v) is 4.18. The van der Waals surface area contributed by atoms with E-state index in [0.29, 0.717) is 6.42 Å². The highest BCUT2D eigenvalue weighted by atomic mass is 32.2. The lowest BCUT2D eigenvalue weighted by atomic mass is 9.91. The van der Waals surface area contributed by atoms with Crippen LogP contribution >= 0.6 is 0 Å². The molecule has 1 aliphatic heterocycles. The molecule has 1 fully saturated rings. The van der Waals surface area contributed by atoms with E-state index in [1.54, 1.807) is 0 Å². The molecule has 4 heteroatoms. The van der Waals surface area contributed by atoms with Gasteiger partial charge in [0.1, 0.15) is 0 Å². The van der Waals surface area contributed by atoms with Gasteiger partial charge in [-0.05, 0) is 30.4 Å². The average Bonchev–Trinajstić information content (AvgIpc) is 2.59. The number of rotatable bonds is 2. The van der Waals surface area contributed by atoms with Crippen molar-refractivity contribution in [3.8, 4) is 0 Å². The topological polar surface area (TPSA) is 60.2 Å². The molecule has 1 heterocycles. The van der Waals surface area contributed by atoms with Crippen molar-refractivity contribution in [2.75, 3.05) is 11.5 Å². The van der Waals surface area contributed by atoms with Crippen LogP contribution < -0.4 is 5.73 Å². The highest BCUT2D eigenvalue weighted by Gasteiger charge is 2.32. The van der Waals surface area contributed by atoms with Crippen molar-refractivity contribution in [3.05, 3.63) is 35.4 Å². The third kappa shape index (κ3) is 2.28. The molecule has 0 aromatic heterocycles. The molecule has 0 aliphatic carbocycles. The molecule has 1 aromatic rings. The van der Waals surface area contributed by atoms with E-state index in [2.05, 4.69) is 0 Å². The molecule has 16 heavy (non-hydrogen) atoms. The van der Waals surface area contributed by atoms with Gasteiger partial charge in [-0.25, -0.2) is 8.42 Å². The number of benzene rings is 1. The van der Waals surface area contributed by atoms with Crippen LogP contribution in [0.3, 0.4) is 0 Å². The molecule has 1 saturated heterocycles. The predicted molar refractivity (Wildman–Crippen MR) is 64.9 cm³/mol. The van der Waals surface area contributed by atoms with Crippen LogP contribution in [0.1, 0.15) is 23.6 Å². The Bertz CT molecular complexity index is 482. The minimum atomic E-state index is -2.84. The number of nitrogens with two attached hydrogens (primary N) is 1. The second kappa shape index (κ2) is 4.18. The molecule has 2 rings (SSSR count). The predicted octanol–water partition coefficient (Wildman–Crippen LogP) is 1.43. The Balaban J connectivity index is 2.21. The van der Waals surface area contributed by atoms with Crippen molar-refractivity contribution >= 4 is 9.84 Å². The maximum Gasteiger partial charge on any atom is 0.150 e. The van der Waals surface area contributed by atoms with Crippen molar-refractivity contribution < 1.29 is 8.42 Å². The van der Waals surface area contributed by atoms with Gasteiger partial charge >= 0.3 is 0 Å². The molecule has 2 N–H and O–H groups in total. The fraction of sp³-hybridized carbons (Fsp3) is 0.500. The summed E-state index contributed by atoms with van der Waals surface area (Å²) < 4.78 is 22.8. The van der Waals surface area contributed by atoms with E-state index in [-0.39, 0.29) is 23.5 Å². The molecule has 0 radical (unpaired) electrons. The summed E-state index contributed by atoms with van der Waals surface area (Å²) in [6, 6.07) is 7.77. The van der Waals surface area contributed by atoms with Crippen molar-refractivity contribution in [1.29, 1.82) is 0 Å². The van der Waals surface area contributed by atoms with Crippen molar-refractivity contribution in [3.63, 3.8) is 0 Å². The lowest BCUT2D eigenvalue weighted by Crippen LogP contribution is -2.23. The molecule has 2 unspecified atom stereocenters. The zero-order chi connectivity index (χ0) is 11.8. The fourth-order valence-electron chi connectivity index (χ4n) is 2.32. The summed E-state index contributed by atoms with van der Waals surface area (Å²) in [7, 11) is -2.84. The van der Waals surface area contributed by atoms with Gasteiger partial charge in [0.25, 0.3) is 0 Å². The summed E-state index contributed by atoms with van der Waals surface area (Å²) in [5, 5.41) is 0. The molecule has 0 spiro atoms. The van der Waals surface area contributed by atoms with Crippen LogP contribution in [0.4, 0.5) is 0 Å². The van der Waals surface area contributed by atoms with Crippen molar-refractivity contribution in [2.24, 2.45) is 11.7 Å². The molecular formula is C12H17NO2S. The molecular weight excluding hydrogens is 222 g/mol. The summed E-state index contributed by atoms with van der Waals surface area (Å²) in [6.45, 7) is 2.01. The van der Waals surface area contributed by atoms with E-state index in [0.717, 1.165) is 11.1 Å². The zero-order valence-electron chi connectivity index (χ0n) is 9.39. The smallest absolute Gasteiger partial charge is 0.150 e. The lowest BCUT2D eigenvalue weighted by Gasteiger charge is -2.20. The van der Waals surface area contributed by atoms with E-state index in [1.165, 1.54) is 0 Å². The van der Waals surface area contributed by atoms with E-state index in [1.807, 2.05) is 31.2 Å². The van der Waals surface area contributed by atoms with Crippen LogP contribution in [0.2, 0.25) is 0 Å².